The van der Waals surface area contributed by atoms with E-state index in [2.05, 4.69) is 21.2 Å². The first-order chi connectivity index (χ1) is 9.47. The number of anilines is 1. The molecule has 5 nitrogen and oxygen atoms in total. The Kier molecular flexibility index (Phi) is 4.05. The van der Waals surface area contributed by atoms with Crippen molar-refractivity contribution in [2.45, 2.75) is 0 Å². The molecule has 0 atom stereocenters. The van der Waals surface area contributed by atoms with Crippen LogP contribution in [0.4, 0.5) is 5.69 Å². The fourth-order valence-corrected chi connectivity index (χ4v) is 2.05. The predicted octanol–water partition coefficient (Wildman–Crippen LogP) is 3.11. The van der Waals surface area contributed by atoms with Gasteiger partial charge in [0.25, 0.3) is 5.91 Å². The molecule has 20 heavy (non-hydrogen) atoms. The van der Waals surface area contributed by atoms with Crippen molar-refractivity contribution >= 4 is 33.5 Å². The molecule has 3 N–H and O–H groups in total. The van der Waals surface area contributed by atoms with Gasteiger partial charge in [-0.3, -0.25) is 4.79 Å². The number of rotatable bonds is 3. The summed E-state index contributed by atoms with van der Waals surface area (Å²) in [5.74, 6) is -1.77. The summed E-state index contributed by atoms with van der Waals surface area (Å²) in [5.41, 5.74) is 0.327. The highest BCUT2D eigenvalue weighted by Crippen LogP contribution is 2.23. The molecule has 2 rings (SSSR count). The van der Waals surface area contributed by atoms with E-state index in [-0.39, 0.29) is 17.0 Å². The number of halogens is 1. The van der Waals surface area contributed by atoms with Gasteiger partial charge < -0.3 is 15.5 Å². The Morgan fingerprint density at radius 3 is 2.50 bits per heavy atom. The van der Waals surface area contributed by atoms with Crippen LogP contribution in [0.15, 0.2) is 46.9 Å². The number of carboxylic acids is 1. The van der Waals surface area contributed by atoms with Gasteiger partial charge in [0.1, 0.15) is 5.75 Å². The van der Waals surface area contributed by atoms with Crippen LogP contribution in [0.1, 0.15) is 20.7 Å². The van der Waals surface area contributed by atoms with Gasteiger partial charge in [-0.25, -0.2) is 4.79 Å². The summed E-state index contributed by atoms with van der Waals surface area (Å²) in [5, 5.41) is 20.9. The number of hydrogen-bond donors (Lipinski definition) is 3. The molecular weight excluding hydrogens is 326 g/mol. The number of phenols is 1. The summed E-state index contributed by atoms with van der Waals surface area (Å²) in [7, 11) is 0. The zero-order valence-corrected chi connectivity index (χ0v) is 11.7. The van der Waals surface area contributed by atoms with Crippen molar-refractivity contribution in [1.82, 2.24) is 0 Å². The zero-order valence-electron chi connectivity index (χ0n) is 10.1. The number of nitrogens with one attached hydrogen (secondary N) is 1. The quantitative estimate of drug-likeness (QED) is 0.804. The minimum atomic E-state index is -1.19. The van der Waals surface area contributed by atoms with Crippen LogP contribution < -0.4 is 5.32 Å². The van der Waals surface area contributed by atoms with Crippen LogP contribution in [0.3, 0.4) is 0 Å². The van der Waals surface area contributed by atoms with Gasteiger partial charge >= 0.3 is 5.97 Å². The van der Waals surface area contributed by atoms with Gasteiger partial charge in [-0.05, 0) is 30.3 Å². The summed E-state index contributed by atoms with van der Waals surface area (Å²) in [6.07, 6.45) is 0. The minimum absolute atomic E-state index is 0.0440. The molecule has 1 amide bonds. The van der Waals surface area contributed by atoms with E-state index in [0.717, 1.165) is 4.47 Å². The van der Waals surface area contributed by atoms with Crippen LogP contribution in [0.5, 0.6) is 5.75 Å². The molecule has 6 heteroatoms. The average Bonchev–Trinajstić information content (AvgIpc) is 2.38. The lowest BCUT2D eigenvalue weighted by Gasteiger charge is -2.09. The Morgan fingerprint density at radius 2 is 1.85 bits per heavy atom. The molecule has 0 aliphatic rings. The fraction of sp³-hybridized carbons (Fsp3) is 0. The summed E-state index contributed by atoms with van der Waals surface area (Å²) in [4.78, 5) is 23.1. The Morgan fingerprint density at radius 1 is 1.10 bits per heavy atom. The highest BCUT2D eigenvalue weighted by Gasteiger charge is 2.14. The van der Waals surface area contributed by atoms with Gasteiger partial charge in [-0.15, -0.1) is 0 Å². The fourth-order valence-electron chi connectivity index (χ4n) is 1.65. The SMILES string of the molecule is O=C(Nc1cc(O)ccc1C(=O)O)c1cccc(Br)c1. The third-order valence-electron chi connectivity index (χ3n) is 2.57. The van der Waals surface area contributed by atoms with Gasteiger partial charge in [-0.2, -0.15) is 0 Å². The number of carboxylic acid groups (broad SMARTS) is 1. The lowest BCUT2D eigenvalue weighted by Crippen LogP contribution is -2.14. The van der Waals surface area contributed by atoms with Gasteiger partial charge in [0.2, 0.25) is 0 Å². The molecule has 0 fully saturated rings. The molecule has 0 saturated heterocycles. The van der Waals surface area contributed by atoms with Crippen LogP contribution >= 0.6 is 15.9 Å². The molecule has 0 aliphatic carbocycles. The number of aromatic carboxylic acids is 1. The van der Waals surface area contributed by atoms with Gasteiger partial charge in [0.05, 0.1) is 11.3 Å². The average molecular weight is 336 g/mol. The number of aromatic hydroxyl groups is 1. The number of carbonyl (C=O) groups is 2. The van der Waals surface area contributed by atoms with Gasteiger partial charge in [-0.1, -0.05) is 22.0 Å². The third-order valence-corrected chi connectivity index (χ3v) is 3.06. The molecule has 0 radical (unpaired) electrons. The molecule has 0 spiro atoms. The number of amides is 1. The maximum absolute atomic E-state index is 12.0. The first kappa shape index (κ1) is 14.1. The third kappa shape index (κ3) is 3.16. The number of phenolic OH excluding ortho intramolecular Hbond substituents is 1. The second-order valence-electron chi connectivity index (χ2n) is 4.00. The monoisotopic (exact) mass is 335 g/mol. The maximum atomic E-state index is 12.0. The van der Waals surface area contributed by atoms with Crippen LogP contribution in [-0.2, 0) is 0 Å². The van der Waals surface area contributed by atoms with Crippen molar-refractivity contribution in [1.29, 1.82) is 0 Å². The van der Waals surface area contributed by atoms with Crippen molar-refractivity contribution in [3.05, 3.63) is 58.1 Å². The van der Waals surface area contributed by atoms with E-state index in [4.69, 9.17) is 5.11 Å². The predicted molar refractivity (Wildman–Crippen MR) is 77.2 cm³/mol. The molecule has 0 bridgehead atoms. The second kappa shape index (κ2) is 5.75. The highest BCUT2D eigenvalue weighted by molar-refractivity contribution is 9.10. The van der Waals surface area contributed by atoms with E-state index in [9.17, 15) is 14.7 Å². The Labute approximate surface area is 123 Å². The molecule has 0 heterocycles. The van der Waals surface area contributed by atoms with E-state index >= 15 is 0 Å². The molecule has 2 aromatic carbocycles. The lowest BCUT2D eigenvalue weighted by molar-refractivity contribution is 0.0698. The summed E-state index contributed by atoms with van der Waals surface area (Å²) >= 11 is 3.25. The lowest BCUT2D eigenvalue weighted by atomic mass is 10.1. The Bertz CT molecular complexity index is 685. The molecule has 0 aliphatic heterocycles. The van der Waals surface area contributed by atoms with Gasteiger partial charge in [0, 0.05) is 16.1 Å². The molecule has 102 valence electrons. The Hall–Kier alpha value is -2.34. The summed E-state index contributed by atoms with van der Waals surface area (Å²) < 4.78 is 0.736. The molecule has 0 aromatic heterocycles. The normalized spacial score (nSPS) is 10.1. The smallest absolute Gasteiger partial charge is 0.337 e. The van der Waals surface area contributed by atoms with Gasteiger partial charge in [0.15, 0.2) is 0 Å². The van der Waals surface area contributed by atoms with E-state index < -0.39 is 11.9 Å². The summed E-state index contributed by atoms with van der Waals surface area (Å²) in [6.45, 7) is 0. The highest BCUT2D eigenvalue weighted by atomic mass is 79.9. The van der Waals surface area contributed by atoms with E-state index in [1.165, 1.54) is 18.2 Å². The van der Waals surface area contributed by atoms with E-state index in [1.807, 2.05) is 0 Å². The first-order valence-electron chi connectivity index (χ1n) is 5.60. The summed E-state index contributed by atoms with van der Waals surface area (Å²) in [6, 6.07) is 10.3. The van der Waals surface area contributed by atoms with E-state index in [1.54, 1.807) is 24.3 Å². The second-order valence-corrected chi connectivity index (χ2v) is 4.92. The van der Waals surface area contributed by atoms with Crippen molar-refractivity contribution < 1.29 is 19.8 Å². The van der Waals surface area contributed by atoms with Crippen LogP contribution in [0.2, 0.25) is 0 Å². The number of carbonyl (C=O) groups excluding carboxylic acids is 1. The number of hydrogen-bond acceptors (Lipinski definition) is 3. The molecule has 0 saturated carbocycles. The molecule has 2 aromatic rings. The van der Waals surface area contributed by atoms with Crippen LogP contribution in [0.25, 0.3) is 0 Å². The first-order valence-corrected chi connectivity index (χ1v) is 6.40. The standard InChI is InChI=1S/C14H10BrNO4/c15-9-3-1-2-8(6-9)13(18)16-12-7-10(17)4-5-11(12)14(19)20/h1-7,17H,(H,16,18)(H,19,20). The molecule has 0 unspecified atom stereocenters. The molecular formula is C14H10BrNO4. The minimum Gasteiger partial charge on any atom is -0.508 e. The van der Waals surface area contributed by atoms with Crippen molar-refractivity contribution in [2.24, 2.45) is 0 Å². The number of benzene rings is 2. The largest absolute Gasteiger partial charge is 0.508 e. The van der Waals surface area contributed by atoms with Crippen molar-refractivity contribution in [3.8, 4) is 5.75 Å². The zero-order chi connectivity index (χ0) is 14.7. The Balaban J connectivity index is 2.32. The van der Waals surface area contributed by atoms with Crippen LogP contribution in [0, 0.1) is 0 Å². The van der Waals surface area contributed by atoms with Crippen LogP contribution in [-0.4, -0.2) is 22.1 Å². The topological polar surface area (TPSA) is 86.6 Å². The maximum Gasteiger partial charge on any atom is 0.337 e. The van der Waals surface area contributed by atoms with E-state index in [0.29, 0.717) is 5.56 Å². The van der Waals surface area contributed by atoms with Crippen molar-refractivity contribution in [2.75, 3.05) is 5.32 Å². The van der Waals surface area contributed by atoms with Crippen molar-refractivity contribution in [3.63, 3.8) is 0 Å².